The third-order valence-electron chi connectivity index (χ3n) is 4.86. The van der Waals surface area contributed by atoms with Gasteiger partial charge >= 0.3 is 5.97 Å². The molecule has 1 aliphatic heterocycles. The average molecular weight is 438 g/mol. The van der Waals surface area contributed by atoms with Gasteiger partial charge in [-0.1, -0.05) is 0 Å². The first-order valence-corrected chi connectivity index (χ1v) is 9.82. The summed E-state index contributed by atoms with van der Waals surface area (Å²) < 4.78 is 10.1. The van der Waals surface area contributed by atoms with Crippen molar-refractivity contribution in [1.82, 2.24) is 0 Å². The van der Waals surface area contributed by atoms with E-state index in [2.05, 4.69) is 5.32 Å². The van der Waals surface area contributed by atoms with Crippen molar-refractivity contribution in [3.05, 3.63) is 69.9 Å². The molecule has 0 saturated heterocycles. The molecular formula is C22H22N4O6. The highest BCUT2D eigenvalue weighted by atomic mass is 16.6. The van der Waals surface area contributed by atoms with Gasteiger partial charge in [-0.15, -0.1) is 0 Å². The molecule has 0 spiro atoms. The van der Waals surface area contributed by atoms with Gasteiger partial charge in [0, 0.05) is 35.6 Å². The van der Waals surface area contributed by atoms with E-state index in [4.69, 9.17) is 14.9 Å². The van der Waals surface area contributed by atoms with Crippen molar-refractivity contribution in [2.24, 2.45) is 0 Å². The van der Waals surface area contributed by atoms with E-state index in [0.717, 1.165) is 0 Å². The summed E-state index contributed by atoms with van der Waals surface area (Å²) in [6.45, 7) is 1.94. The van der Waals surface area contributed by atoms with Crippen LogP contribution in [-0.4, -0.2) is 42.8 Å². The van der Waals surface area contributed by atoms with Crippen LogP contribution in [0.3, 0.4) is 0 Å². The summed E-state index contributed by atoms with van der Waals surface area (Å²) in [6, 6.07) is 12.4. The number of amides is 1. The lowest BCUT2D eigenvalue weighted by Gasteiger charge is -2.31. The lowest BCUT2D eigenvalue weighted by atomic mass is 9.98. The Morgan fingerprint density at radius 1 is 1.19 bits per heavy atom. The van der Waals surface area contributed by atoms with Gasteiger partial charge in [0.15, 0.2) is 0 Å². The first-order chi connectivity index (χ1) is 15.3. The Balaban J connectivity index is 1.97. The minimum absolute atomic E-state index is 0.0674. The summed E-state index contributed by atoms with van der Waals surface area (Å²) in [5.41, 5.74) is 0.861. The number of rotatable bonds is 8. The quantitative estimate of drug-likeness (QED) is 0.279. The molecule has 0 atom stereocenters. The zero-order valence-electron chi connectivity index (χ0n) is 17.6. The van der Waals surface area contributed by atoms with Crippen LogP contribution in [0, 0.1) is 15.5 Å². The number of nitro groups is 1. The molecule has 2 aromatic carbocycles. The lowest BCUT2D eigenvalue weighted by Crippen LogP contribution is -2.41. The maximum atomic E-state index is 13.4. The molecule has 0 saturated carbocycles. The maximum Gasteiger partial charge on any atom is 0.356 e. The Kier molecular flexibility index (Phi) is 6.83. The largest absolute Gasteiger partial charge is 0.497 e. The summed E-state index contributed by atoms with van der Waals surface area (Å²) in [7, 11) is 1.54. The van der Waals surface area contributed by atoms with E-state index in [-0.39, 0.29) is 42.2 Å². The van der Waals surface area contributed by atoms with Crippen molar-refractivity contribution in [3.8, 4) is 5.75 Å². The highest BCUT2D eigenvalue weighted by molar-refractivity contribution is 6.43. The van der Waals surface area contributed by atoms with E-state index in [1.165, 1.54) is 36.3 Å². The normalized spacial score (nSPS) is 13.6. The first kappa shape index (κ1) is 22.5. The zero-order valence-corrected chi connectivity index (χ0v) is 17.6. The van der Waals surface area contributed by atoms with Crippen molar-refractivity contribution < 1.29 is 24.0 Å². The molecule has 0 aromatic heterocycles. The molecule has 2 aromatic rings. The number of nitrogens with zero attached hydrogens (tertiary/aromatic N) is 2. The number of benzene rings is 2. The Hall–Kier alpha value is -4.21. The Labute approximate surface area is 184 Å². The van der Waals surface area contributed by atoms with Gasteiger partial charge in [-0.05, 0) is 49.7 Å². The number of carbonyl (C=O) groups excluding carboxylic acids is 2. The molecule has 166 valence electrons. The molecule has 0 aliphatic carbocycles. The molecule has 1 heterocycles. The van der Waals surface area contributed by atoms with E-state index in [1.807, 2.05) is 0 Å². The van der Waals surface area contributed by atoms with E-state index < -0.39 is 16.8 Å². The van der Waals surface area contributed by atoms with Crippen LogP contribution in [0.25, 0.3) is 0 Å². The van der Waals surface area contributed by atoms with Crippen LogP contribution in [-0.2, 0) is 14.3 Å². The van der Waals surface area contributed by atoms with Crippen LogP contribution in [0.5, 0.6) is 5.75 Å². The minimum atomic E-state index is -0.812. The summed E-state index contributed by atoms with van der Waals surface area (Å²) >= 11 is 0. The topological polar surface area (TPSA) is 135 Å². The number of hydrogen-bond acceptors (Lipinski definition) is 8. The van der Waals surface area contributed by atoms with Gasteiger partial charge in [0.05, 0.1) is 18.6 Å². The van der Waals surface area contributed by atoms with E-state index >= 15 is 0 Å². The standard InChI is InChI=1S/C22H22N4O6/c1-3-32-22(28)19(23)18-12-13-25(15-6-8-16(9-7-15)26(29)30)21(27)20(18)24-14-4-10-17(31-2)11-5-14/h4-11,23-24H,3,12-13H2,1-2H3. The molecule has 0 fully saturated rings. The number of methoxy groups -OCH3 is 1. The third kappa shape index (κ3) is 4.75. The van der Waals surface area contributed by atoms with Crippen molar-refractivity contribution in [2.45, 2.75) is 13.3 Å². The molecule has 1 aliphatic rings. The zero-order chi connectivity index (χ0) is 23.3. The number of anilines is 2. The average Bonchev–Trinajstić information content (AvgIpc) is 2.80. The lowest BCUT2D eigenvalue weighted by molar-refractivity contribution is -0.384. The van der Waals surface area contributed by atoms with Gasteiger partial charge in [0.1, 0.15) is 17.2 Å². The fraction of sp³-hybridized carbons (Fsp3) is 0.227. The summed E-state index contributed by atoms with van der Waals surface area (Å²) in [5.74, 6) is -0.649. The smallest absolute Gasteiger partial charge is 0.356 e. The van der Waals surface area contributed by atoms with Crippen molar-refractivity contribution in [1.29, 1.82) is 5.41 Å². The number of carbonyl (C=O) groups is 2. The Morgan fingerprint density at radius 3 is 2.41 bits per heavy atom. The van der Waals surface area contributed by atoms with Gasteiger partial charge in [0.25, 0.3) is 11.6 Å². The monoisotopic (exact) mass is 438 g/mol. The van der Waals surface area contributed by atoms with Crippen LogP contribution in [0.15, 0.2) is 59.8 Å². The van der Waals surface area contributed by atoms with Crippen molar-refractivity contribution in [3.63, 3.8) is 0 Å². The predicted molar refractivity (Wildman–Crippen MR) is 118 cm³/mol. The van der Waals surface area contributed by atoms with Gasteiger partial charge in [-0.2, -0.15) is 0 Å². The fourth-order valence-electron chi connectivity index (χ4n) is 3.24. The second kappa shape index (κ2) is 9.73. The SMILES string of the molecule is CCOC(=O)C(=N)C1=C(Nc2ccc(OC)cc2)C(=O)N(c2ccc([N+](=O)[O-])cc2)CC1. The second-order valence-corrected chi connectivity index (χ2v) is 6.78. The van der Waals surface area contributed by atoms with Gasteiger partial charge in [0.2, 0.25) is 0 Å². The molecule has 0 bridgehead atoms. The number of nitro benzene ring substituents is 1. The summed E-state index contributed by atoms with van der Waals surface area (Å²) in [4.78, 5) is 37.4. The highest BCUT2D eigenvalue weighted by Crippen LogP contribution is 2.29. The molecular weight excluding hydrogens is 416 g/mol. The van der Waals surface area contributed by atoms with Gasteiger partial charge in [-0.3, -0.25) is 20.3 Å². The fourth-order valence-corrected chi connectivity index (χ4v) is 3.24. The van der Waals surface area contributed by atoms with Crippen molar-refractivity contribution >= 4 is 34.7 Å². The maximum absolute atomic E-state index is 13.4. The molecule has 1 amide bonds. The molecule has 0 radical (unpaired) electrons. The second-order valence-electron chi connectivity index (χ2n) is 6.78. The van der Waals surface area contributed by atoms with Crippen LogP contribution in [0.4, 0.5) is 17.1 Å². The molecule has 10 nitrogen and oxygen atoms in total. The Morgan fingerprint density at radius 2 is 1.84 bits per heavy atom. The number of ether oxygens (including phenoxy) is 2. The number of non-ortho nitro benzene ring substituents is 1. The van der Waals surface area contributed by atoms with Crippen LogP contribution in [0.1, 0.15) is 13.3 Å². The summed E-state index contributed by atoms with van der Waals surface area (Å²) in [6.07, 6.45) is 0.221. The van der Waals surface area contributed by atoms with Crippen LogP contribution >= 0.6 is 0 Å². The minimum Gasteiger partial charge on any atom is -0.497 e. The van der Waals surface area contributed by atoms with E-state index in [0.29, 0.717) is 17.1 Å². The van der Waals surface area contributed by atoms with Gasteiger partial charge < -0.3 is 19.7 Å². The highest BCUT2D eigenvalue weighted by Gasteiger charge is 2.32. The number of nitrogens with one attached hydrogen (secondary N) is 2. The molecule has 2 N–H and O–H groups in total. The van der Waals surface area contributed by atoms with Gasteiger partial charge in [-0.25, -0.2) is 4.79 Å². The molecule has 32 heavy (non-hydrogen) atoms. The Bertz CT molecular complexity index is 1080. The third-order valence-corrected chi connectivity index (χ3v) is 4.86. The molecule has 3 rings (SSSR count). The number of esters is 1. The number of hydrogen-bond donors (Lipinski definition) is 2. The predicted octanol–water partition coefficient (Wildman–Crippen LogP) is 3.29. The van der Waals surface area contributed by atoms with Crippen LogP contribution < -0.4 is 15.0 Å². The first-order valence-electron chi connectivity index (χ1n) is 9.82. The van der Waals surface area contributed by atoms with Crippen LogP contribution in [0.2, 0.25) is 0 Å². The van der Waals surface area contributed by atoms with Crippen molar-refractivity contribution in [2.75, 3.05) is 30.5 Å². The molecule has 0 unspecified atom stereocenters. The van der Waals surface area contributed by atoms with E-state index in [1.54, 1.807) is 31.2 Å². The summed E-state index contributed by atoms with van der Waals surface area (Å²) in [5, 5.41) is 22.2. The van der Waals surface area contributed by atoms with E-state index in [9.17, 15) is 19.7 Å². The molecule has 10 heteroatoms.